The van der Waals surface area contributed by atoms with Crippen molar-refractivity contribution >= 4 is 29.8 Å². The molecule has 12 heteroatoms. The monoisotopic (exact) mass is 587 g/mol. The summed E-state index contributed by atoms with van der Waals surface area (Å²) in [4.78, 5) is 28.7. The first-order valence-electron chi connectivity index (χ1n) is 13.4. The summed E-state index contributed by atoms with van der Waals surface area (Å²) in [5.74, 6) is 0.120. The van der Waals surface area contributed by atoms with Gasteiger partial charge in [-0.1, -0.05) is 25.4 Å². The lowest BCUT2D eigenvalue weighted by Gasteiger charge is -2.20. The molecule has 2 aromatic rings. The molecule has 0 radical (unpaired) electrons. The predicted octanol–water partition coefficient (Wildman–Crippen LogP) is 6.64. The van der Waals surface area contributed by atoms with E-state index in [4.69, 9.17) is 26.2 Å². The number of carboxylic acid groups (broad SMARTS) is 1. The molecular weight excluding hydrogens is 554 g/mol. The van der Waals surface area contributed by atoms with E-state index < -0.39 is 22.6 Å². The van der Waals surface area contributed by atoms with E-state index in [1.54, 1.807) is 15.9 Å². The SMILES string of the molecule is CC.O=C(c1cc(C2CC2)c(OCC2CCN(c3cc(C(F)(F)F)c(Cl)cn3)C2)cc1F)N1CCCC1.O=CO. The van der Waals surface area contributed by atoms with Crippen LogP contribution in [-0.4, -0.2) is 60.2 Å². The van der Waals surface area contributed by atoms with Crippen LogP contribution in [0.5, 0.6) is 5.75 Å². The van der Waals surface area contributed by atoms with Crippen molar-refractivity contribution in [2.45, 2.75) is 58.0 Å². The van der Waals surface area contributed by atoms with Gasteiger partial charge in [0.05, 0.1) is 22.8 Å². The van der Waals surface area contributed by atoms with E-state index in [0.717, 1.165) is 43.5 Å². The Morgan fingerprint density at radius 1 is 1.15 bits per heavy atom. The zero-order chi connectivity index (χ0) is 29.4. The quantitative estimate of drug-likeness (QED) is 0.301. The average Bonchev–Trinajstić information content (AvgIpc) is 3.40. The average molecular weight is 588 g/mol. The molecular formula is C28H34ClF4N3O4. The molecule has 40 heavy (non-hydrogen) atoms. The van der Waals surface area contributed by atoms with Gasteiger partial charge in [-0.2, -0.15) is 13.2 Å². The molecule has 1 N–H and O–H groups in total. The van der Waals surface area contributed by atoms with E-state index >= 15 is 0 Å². The maximum atomic E-state index is 14.9. The molecule has 1 aliphatic carbocycles. The molecule has 3 fully saturated rings. The predicted molar refractivity (Wildman–Crippen MR) is 144 cm³/mol. The van der Waals surface area contributed by atoms with Gasteiger partial charge in [-0.05, 0) is 55.7 Å². The smallest absolute Gasteiger partial charge is 0.418 e. The maximum absolute atomic E-state index is 14.9. The molecule has 3 heterocycles. The number of rotatable bonds is 6. The van der Waals surface area contributed by atoms with Crippen molar-refractivity contribution in [2.75, 3.05) is 37.7 Å². The second kappa shape index (κ2) is 14.0. The fourth-order valence-corrected chi connectivity index (χ4v) is 5.08. The third kappa shape index (κ3) is 7.77. The number of hydrogen-bond donors (Lipinski definition) is 1. The number of hydrogen-bond acceptors (Lipinski definition) is 5. The third-order valence-electron chi connectivity index (χ3n) is 6.97. The van der Waals surface area contributed by atoms with Crippen molar-refractivity contribution in [3.05, 3.63) is 51.9 Å². The molecule has 220 valence electrons. The molecule has 2 aliphatic heterocycles. The van der Waals surface area contributed by atoms with Crippen LogP contribution in [0, 0.1) is 11.7 Å². The molecule has 0 bridgehead atoms. The van der Waals surface area contributed by atoms with Crippen LogP contribution in [0.25, 0.3) is 0 Å². The highest BCUT2D eigenvalue weighted by atomic mass is 35.5. The number of aromatic nitrogens is 1. The van der Waals surface area contributed by atoms with Gasteiger partial charge in [-0.15, -0.1) is 0 Å². The standard InChI is InChI=1S/C25H26ClF4N3O2.C2H6.CH2O2/c26-20-12-31-23(10-19(20)25(28,29)30)33-8-5-15(13-33)14-35-22-11-21(27)18(9-17(22)16-3-4-16)24(34)32-6-1-2-7-32;1-2;2-1-3/h9-12,15-16H,1-8,13-14H2;1-2H3;1H,(H,2,3). The van der Waals surface area contributed by atoms with Crippen molar-refractivity contribution in [3.63, 3.8) is 0 Å². The fraction of sp³-hybridized carbons (Fsp3) is 0.536. The van der Waals surface area contributed by atoms with Gasteiger partial charge in [0.1, 0.15) is 17.4 Å². The van der Waals surface area contributed by atoms with E-state index in [0.29, 0.717) is 45.0 Å². The van der Waals surface area contributed by atoms with Crippen molar-refractivity contribution in [1.29, 1.82) is 0 Å². The maximum Gasteiger partial charge on any atom is 0.418 e. The van der Waals surface area contributed by atoms with Crippen molar-refractivity contribution in [1.82, 2.24) is 9.88 Å². The van der Waals surface area contributed by atoms with Crippen LogP contribution in [-0.2, 0) is 11.0 Å². The Bertz CT molecular complexity index is 1170. The molecule has 3 aliphatic rings. The number of nitrogens with zero attached hydrogens (tertiary/aromatic N) is 3. The minimum atomic E-state index is -4.55. The number of pyridine rings is 1. The largest absolute Gasteiger partial charge is 0.493 e. The number of anilines is 1. The Morgan fingerprint density at radius 3 is 2.40 bits per heavy atom. The minimum Gasteiger partial charge on any atom is -0.493 e. The van der Waals surface area contributed by atoms with Crippen molar-refractivity contribution in [2.24, 2.45) is 5.92 Å². The summed E-state index contributed by atoms with van der Waals surface area (Å²) < 4.78 is 60.6. The van der Waals surface area contributed by atoms with Crippen LogP contribution < -0.4 is 9.64 Å². The van der Waals surface area contributed by atoms with Crippen molar-refractivity contribution < 1.29 is 37.0 Å². The molecule has 1 aromatic heterocycles. The van der Waals surface area contributed by atoms with Crippen molar-refractivity contribution in [3.8, 4) is 5.75 Å². The number of ether oxygens (including phenoxy) is 1. The van der Waals surface area contributed by atoms with E-state index in [-0.39, 0.29) is 35.6 Å². The topological polar surface area (TPSA) is 83.0 Å². The number of likely N-dealkylation sites (tertiary alicyclic amines) is 1. The van der Waals surface area contributed by atoms with Gasteiger partial charge in [0, 0.05) is 44.4 Å². The molecule has 1 atom stereocenters. The van der Waals surface area contributed by atoms with Crippen LogP contribution >= 0.6 is 11.6 Å². The summed E-state index contributed by atoms with van der Waals surface area (Å²) in [6.07, 6.45) is 0.998. The number of benzene rings is 1. The molecule has 2 saturated heterocycles. The number of carbonyl (C=O) groups is 2. The van der Waals surface area contributed by atoms with E-state index in [1.165, 1.54) is 6.07 Å². The second-order valence-corrected chi connectivity index (χ2v) is 10.1. The van der Waals surface area contributed by atoms with E-state index in [2.05, 4.69) is 4.98 Å². The highest BCUT2D eigenvalue weighted by Gasteiger charge is 2.35. The first kappa shape index (κ1) is 31.4. The normalized spacial score (nSPS) is 18.4. The van der Waals surface area contributed by atoms with Gasteiger partial charge in [-0.25, -0.2) is 9.37 Å². The zero-order valence-electron chi connectivity index (χ0n) is 22.5. The Kier molecular flexibility index (Phi) is 11.0. The molecule has 0 spiro atoms. The lowest BCUT2D eigenvalue weighted by Crippen LogP contribution is -2.28. The summed E-state index contributed by atoms with van der Waals surface area (Å²) in [6.45, 7) is 6.36. The summed E-state index contributed by atoms with van der Waals surface area (Å²) in [5, 5.41) is 6.46. The highest BCUT2D eigenvalue weighted by Crippen LogP contribution is 2.45. The first-order valence-corrected chi connectivity index (χ1v) is 13.8. The van der Waals surface area contributed by atoms with Crippen LogP contribution in [0.4, 0.5) is 23.4 Å². The number of alkyl halides is 3. The van der Waals surface area contributed by atoms with Crippen LogP contribution in [0.3, 0.4) is 0 Å². The number of halogens is 5. The highest BCUT2D eigenvalue weighted by molar-refractivity contribution is 6.31. The van der Waals surface area contributed by atoms with Gasteiger partial charge in [0.15, 0.2) is 0 Å². The van der Waals surface area contributed by atoms with Gasteiger partial charge in [-0.3, -0.25) is 9.59 Å². The fourth-order valence-electron chi connectivity index (χ4n) is 4.87. The first-order chi connectivity index (χ1) is 19.1. The van der Waals surface area contributed by atoms with Gasteiger partial charge >= 0.3 is 6.18 Å². The molecule has 1 saturated carbocycles. The lowest BCUT2D eigenvalue weighted by atomic mass is 10.0. The summed E-state index contributed by atoms with van der Waals surface area (Å²) >= 11 is 5.68. The summed E-state index contributed by atoms with van der Waals surface area (Å²) in [6, 6.07) is 3.95. The van der Waals surface area contributed by atoms with Gasteiger partial charge in [0.25, 0.3) is 12.4 Å². The van der Waals surface area contributed by atoms with E-state index in [1.807, 2.05) is 13.8 Å². The Morgan fingerprint density at radius 2 is 1.80 bits per heavy atom. The van der Waals surface area contributed by atoms with Gasteiger partial charge < -0.3 is 19.6 Å². The molecule has 1 amide bonds. The number of carbonyl (C=O) groups excluding carboxylic acids is 1. The Labute approximate surface area is 236 Å². The lowest BCUT2D eigenvalue weighted by molar-refractivity contribution is -0.137. The van der Waals surface area contributed by atoms with Crippen LogP contribution in [0.15, 0.2) is 24.4 Å². The Hall–Kier alpha value is -3.08. The second-order valence-electron chi connectivity index (χ2n) is 9.68. The molecule has 1 unspecified atom stereocenters. The Balaban J connectivity index is 0.000000827. The summed E-state index contributed by atoms with van der Waals surface area (Å²) in [7, 11) is 0. The van der Waals surface area contributed by atoms with Crippen LogP contribution in [0.1, 0.15) is 73.4 Å². The number of amides is 1. The zero-order valence-corrected chi connectivity index (χ0v) is 23.3. The third-order valence-corrected chi connectivity index (χ3v) is 7.27. The van der Waals surface area contributed by atoms with E-state index in [9.17, 15) is 22.4 Å². The molecule has 1 aromatic carbocycles. The van der Waals surface area contributed by atoms with Gasteiger partial charge in [0.2, 0.25) is 0 Å². The minimum absolute atomic E-state index is 0.0443. The molecule has 7 nitrogen and oxygen atoms in total. The molecule has 5 rings (SSSR count). The van der Waals surface area contributed by atoms with Crippen LogP contribution in [0.2, 0.25) is 5.02 Å². The summed E-state index contributed by atoms with van der Waals surface area (Å²) in [5.41, 5.74) is 0.0532.